The van der Waals surface area contributed by atoms with Crippen molar-refractivity contribution in [2.75, 3.05) is 11.5 Å². The van der Waals surface area contributed by atoms with E-state index in [2.05, 4.69) is 0 Å². The molecule has 0 radical (unpaired) electrons. The monoisotopic (exact) mass is 501 g/mol. The molecule has 10 heteroatoms. The van der Waals surface area contributed by atoms with Crippen LogP contribution in [0.2, 0.25) is 0 Å². The van der Waals surface area contributed by atoms with E-state index in [0.717, 1.165) is 11.3 Å². The second kappa shape index (κ2) is 6.57. The van der Waals surface area contributed by atoms with Crippen LogP contribution in [0.15, 0.2) is 34.3 Å². The van der Waals surface area contributed by atoms with E-state index in [0.29, 0.717) is 18.0 Å². The summed E-state index contributed by atoms with van der Waals surface area (Å²) in [6.45, 7) is 2.37. The molecule has 0 aromatic heterocycles. The number of allylic oxidation sites excluding steroid dienone is 2. The lowest BCUT2D eigenvalue weighted by Gasteiger charge is -2.34. The molecule has 2 fully saturated rings. The van der Waals surface area contributed by atoms with Gasteiger partial charge in [-0.1, -0.05) is 65.5 Å². The van der Waals surface area contributed by atoms with Crippen molar-refractivity contribution < 1.29 is 14.3 Å². The highest BCUT2D eigenvalue weighted by Crippen LogP contribution is 2.77. The Bertz CT molecular complexity index is 888. The van der Waals surface area contributed by atoms with Crippen LogP contribution in [0, 0.1) is 11.8 Å². The minimum Gasteiger partial charge on any atom is -0.491 e. The molecule has 2 amide bonds. The lowest BCUT2D eigenvalue weighted by atomic mass is 9.84. The number of para-hydroxylation sites is 2. The Morgan fingerprint density at radius 2 is 1.46 bits per heavy atom. The third-order valence-corrected chi connectivity index (χ3v) is 9.74. The van der Waals surface area contributed by atoms with Gasteiger partial charge in [0.25, 0.3) is 0 Å². The maximum absolute atomic E-state index is 13.4. The first-order valence-corrected chi connectivity index (χ1v) is 10.7. The molecular formula is C18H13Cl6NO3. The molecule has 1 aromatic carbocycles. The molecule has 2 aliphatic carbocycles. The molecule has 2 bridgehead atoms. The van der Waals surface area contributed by atoms with Crippen LogP contribution in [0.5, 0.6) is 5.75 Å². The Morgan fingerprint density at radius 3 is 1.96 bits per heavy atom. The summed E-state index contributed by atoms with van der Waals surface area (Å²) in [5, 5.41) is -0.230. The Hall–Kier alpha value is -0.360. The molecule has 1 aromatic rings. The molecule has 28 heavy (non-hydrogen) atoms. The fourth-order valence-corrected chi connectivity index (χ4v) is 7.14. The zero-order valence-corrected chi connectivity index (χ0v) is 18.9. The van der Waals surface area contributed by atoms with Crippen molar-refractivity contribution in [3.8, 4) is 5.75 Å². The van der Waals surface area contributed by atoms with E-state index in [4.69, 9.17) is 74.3 Å². The molecule has 0 unspecified atom stereocenters. The molecule has 1 saturated carbocycles. The number of halogens is 6. The molecule has 4 atom stereocenters. The Labute approximate surface area is 191 Å². The van der Waals surface area contributed by atoms with Crippen LogP contribution < -0.4 is 9.64 Å². The topological polar surface area (TPSA) is 46.6 Å². The van der Waals surface area contributed by atoms with Crippen LogP contribution in [-0.4, -0.2) is 32.5 Å². The van der Waals surface area contributed by atoms with Gasteiger partial charge in [0.05, 0.1) is 34.2 Å². The number of rotatable bonds is 4. The second-order valence-electron chi connectivity index (χ2n) is 6.91. The van der Waals surface area contributed by atoms with Gasteiger partial charge < -0.3 is 4.74 Å². The van der Waals surface area contributed by atoms with Gasteiger partial charge in [-0.25, -0.2) is 4.90 Å². The first-order valence-electron chi connectivity index (χ1n) is 8.48. The average molecular weight is 504 g/mol. The standard InChI is InChI=1S/C18H13Cl6NO3/c1-2-7-28-9-6-4-3-5-8(9)25-14(26)10-11(15(25)27)17(22)13(20)12(19)16(10,21)18(17,23)24/h3-6,10-11H,2,7H2,1H3/t10-,11-,16-,17-/m0/s1. The smallest absolute Gasteiger partial charge is 0.240 e. The summed E-state index contributed by atoms with van der Waals surface area (Å²) in [5.41, 5.74) is 0.294. The molecular weight excluding hydrogens is 491 g/mol. The zero-order chi connectivity index (χ0) is 20.6. The maximum atomic E-state index is 13.4. The molecule has 0 N–H and O–H groups in total. The molecule has 4 rings (SSSR count). The third kappa shape index (κ3) is 2.17. The largest absolute Gasteiger partial charge is 0.491 e. The molecule has 150 valence electrons. The quantitative estimate of drug-likeness (QED) is 0.407. The van der Waals surface area contributed by atoms with Crippen molar-refractivity contribution in [3.05, 3.63) is 34.3 Å². The van der Waals surface area contributed by atoms with E-state index < -0.39 is 37.7 Å². The average Bonchev–Trinajstić information content (AvgIpc) is 3.04. The number of carbonyl (C=O) groups excluding carboxylic acids is 2. The van der Waals surface area contributed by atoms with Crippen molar-refractivity contribution in [3.63, 3.8) is 0 Å². The molecule has 1 saturated heterocycles. The van der Waals surface area contributed by atoms with Gasteiger partial charge in [-0.3, -0.25) is 9.59 Å². The number of anilines is 1. The van der Waals surface area contributed by atoms with E-state index in [-0.39, 0.29) is 10.1 Å². The summed E-state index contributed by atoms with van der Waals surface area (Å²) < 4.78 is 3.75. The van der Waals surface area contributed by atoms with Gasteiger partial charge in [0.2, 0.25) is 11.8 Å². The minimum absolute atomic E-state index is 0.115. The number of imide groups is 1. The molecule has 4 nitrogen and oxygen atoms in total. The van der Waals surface area contributed by atoms with Gasteiger partial charge >= 0.3 is 0 Å². The van der Waals surface area contributed by atoms with Crippen LogP contribution >= 0.6 is 69.6 Å². The first kappa shape index (κ1) is 20.9. The molecule has 0 spiro atoms. The molecule has 1 heterocycles. The SMILES string of the molecule is CCCOc1ccccc1N1C(=O)[C@@H]2[C@@H](C1=O)[C@]1(Cl)C(Cl)=C(Cl)[C@]2(Cl)C1(Cl)Cl. The van der Waals surface area contributed by atoms with E-state index in [1.54, 1.807) is 24.3 Å². The van der Waals surface area contributed by atoms with Crippen molar-refractivity contribution >= 4 is 87.1 Å². The summed E-state index contributed by atoms with van der Waals surface area (Å²) in [6.07, 6.45) is 0.757. The highest BCUT2D eigenvalue weighted by molar-refractivity contribution is 6.67. The van der Waals surface area contributed by atoms with Gasteiger partial charge in [-0.15, -0.1) is 23.2 Å². The number of amides is 2. The zero-order valence-electron chi connectivity index (χ0n) is 14.3. The number of hydrogen-bond acceptors (Lipinski definition) is 3. The van der Waals surface area contributed by atoms with Crippen molar-refractivity contribution in [2.24, 2.45) is 11.8 Å². The van der Waals surface area contributed by atoms with Gasteiger partial charge in [0.15, 0.2) is 4.33 Å². The predicted molar refractivity (Wildman–Crippen MR) is 112 cm³/mol. The van der Waals surface area contributed by atoms with Crippen LogP contribution in [0.25, 0.3) is 0 Å². The van der Waals surface area contributed by atoms with Crippen LogP contribution in [0.4, 0.5) is 5.69 Å². The summed E-state index contributed by atoms with van der Waals surface area (Å²) in [5.74, 6) is -3.15. The number of benzene rings is 1. The number of alkyl halides is 4. The maximum Gasteiger partial charge on any atom is 0.240 e. The van der Waals surface area contributed by atoms with E-state index in [9.17, 15) is 9.59 Å². The van der Waals surface area contributed by atoms with Crippen molar-refractivity contribution in [1.29, 1.82) is 0 Å². The van der Waals surface area contributed by atoms with Gasteiger partial charge in [0.1, 0.15) is 15.5 Å². The summed E-state index contributed by atoms with van der Waals surface area (Å²) in [6, 6.07) is 6.72. The van der Waals surface area contributed by atoms with Crippen molar-refractivity contribution in [1.82, 2.24) is 0 Å². The van der Waals surface area contributed by atoms with Gasteiger partial charge in [-0.05, 0) is 18.6 Å². The molecule has 1 aliphatic heterocycles. The van der Waals surface area contributed by atoms with E-state index in [1.165, 1.54) is 0 Å². The van der Waals surface area contributed by atoms with Gasteiger partial charge in [0, 0.05) is 0 Å². The Morgan fingerprint density at radius 1 is 0.964 bits per heavy atom. The third-order valence-electron chi connectivity index (χ3n) is 5.48. The van der Waals surface area contributed by atoms with Crippen LogP contribution in [0.1, 0.15) is 13.3 Å². The lowest BCUT2D eigenvalue weighted by molar-refractivity contribution is -0.123. The van der Waals surface area contributed by atoms with E-state index >= 15 is 0 Å². The second-order valence-corrected chi connectivity index (χ2v) is 10.2. The van der Waals surface area contributed by atoms with E-state index in [1.807, 2.05) is 6.92 Å². The normalized spacial score (nSPS) is 35.8. The molecule has 3 aliphatic rings. The number of hydrogen-bond donors (Lipinski definition) is 0. The summed E-state index contributed by atoms with van der Waals surface area (Å²) in [4.78, 5) is 24.1. The fourth-order valence-electron chi connectivity index (χ4n) is 4.21. The first-order chi connectivity index (χ1) is 13.1. The highest BCUT2D eigenvalue weighted by Gasteiger charge is 2.87. The highest BCUT2D eigenvalue weighted by atomic mass is 35.5. The Kier molecular flexibility index (Phi) is 4.90. The number of ether oxygens (including phenoxy) is 1. The number of carbonyl (C=O) groups is 2. The lowest BCUT2D eigenvalue weighted by Crippen LogP contribution is -2.50. The van der Waals surface area contributed by atoms with Crippen LogP contribution in [0.3, 0.4) is 0 Å². The minimum atomic E-state index is -1.94. The van der Waals surface area contributed by atoms with Crippen molar-refractivity contribution in [2.45, 2.75) is 27.4 Å². The Balaban J connectivity index is 1.85. The fraction of sp³-hybridized carbons (Fsp3) is 0.444. The summed E-state index contributed by atoms with van der Waals surface area (Å²) >= 11 is 39.0. The van der Waals surface area contributed by atoms with Gasteiger partial charge in [-0.2, -0.15) is 0 Å². The number of nitrogens with zero attached hydrogens (tertiary/aromatic N) is 1. The number of fused-ring (bicyclic) bond motifs is 5. The summed E-state index contributed by atoms with van der Waals surface area (Å²) in [7, 11) is 0. The predicted octanol–water partition coefficient (Wildman–Crippen LogP) is 5.43. The van der Waals surface area contributed by atoms with Crippen LogP contribution in [-0.2, 0) is 9.59 Å².